The van der Waals surface area contributed by atoms with E-state index in [1.54, 1.807) is 18.2 Å². The van der Waals surface area contributed by atoms with Crippen LogP contribution >= 0.6 is 0 Å². The fraction of sp³-hybridized carbons (Fsp3) is 0.267. The minimum atomic E-state index is -2.67. The molecule has 2 aromatic rings. The van der Waals surface area contributed by atoms with E-state index in [1.165, 1.54) is 32.4 Å². The van der Waals surface area contributed by atoms with Crippen LogP contribution in [0.4, 0.5) is 4.39 Å². The third-order valence-corrected chi connectivity index (χ3v) is 3.04. The van der Waals surface area contributed by atoms with Crippen molar-refractivity contribution in [3.05, 3.63) is 47.8 Å². The number of halogens is 1. The van der Waals surface area contributed by atoms with Gasteiger partial charge in [-0.15, -0.1) is 0 Å². The maximum absolute atomic E-state index is 15.6. The third kappa shape index (κ3) is 2.69. The van der Waals surface area contributed by atoms with Crippen molar-refractivity contribution >= 4 is 5.97 Å². The second-order valence-corrected chi connectivity index (χ2v) is 4.29. The Morgan fingerprint density at radius 1 is 1.05 bits per heavy atom. The van der Waals surface area contributed by atoms with Gasteiger partial charge in [-0.05, 0) is 0 Å². The van der Waals surface area contributed by atoms with Crippen molar-refractivity contribution in [1.29, 1.82) is 0 Å². The molecule has 7 heteroatoms. The molecular weight excluding hydrogens is 291 g/mol. The molecule has 1 aromatic carbocycles. The van der Waals surface area contributed by atoms with E-state index < -0.39 is 17.5 Å². The number of carbonyl (C=O) groups is 1. The largest absolute Gasteiger partial charge is 0.481 e. The molecule has 2 rings (SSSR count). The molecule has 0 aliphatic heterocycles. The number of nitrogens with zero attached hydrogens (tertiary/aromatic N) is 2. The Kier molecular flexibility index (Phi) is 4.55. The van der Waals surface area contributed by atoms with Gasteiger partial charge in [0.05, 0.1) is 27.4 Å². The van der Waals surface area contributed by atoms with Crippen LogP contribution in [0.3, 0.4) is 0 Å². The summed E-state index contributed by atoms with van der Waals surface area (Å²) in [6.07, 6.45) is 0. The normalized spacial score (nSPS) is 13.1. The fourth-order valence-electron chi connectivity index (χ4n) is 1.91. The van der Waals surface area contributed by atoms with Gasteiger partial charge >= 0.3 is 5.97 Å². The number of hydrogen-bond acceptors (Lipinski definition) is 6. The third-order valence-electron chi connectivity index (χ3n) is 3.04. The van der Waals surface area contributed by atoms with E-state index in [1.807, 2.05) is 0 Å². The summed E-state index contributed by atoms with van der Waals surface area (Å²) >= 11 is 0. The SMILES string of the molecule is COC(=O)C(F)(c1ccccc1)c1nc(OC)cc(OC)n1. The Labute approximate surface area is 126 Å². The summed E-state index contributed by atoms with van der Waals surface area (Å²) < 4.78 is 30.2. The molecule has 1 atom stereocenters. The Balaban J connectivity index is 2.67. The minimum absolute atomic E-state index is 0.0529. The molecule has 1 aromatic heterocycles. The van der Waals surface area contributed by atoms with Gasteiger partial charge in [0.1, 0.15) is 0 Å². The molecule has 0 saturated heterocycles. The molecule has 0 amide bonds. The molecule has 0 fully saturated rings. The number of rotatable bonds is 5. The van der Waals surface area contributed by atoms with E-state index in [9.17, 15) is 4.79 Å². The van der Waals surface area contributed by atoms with E-state index in [0.717, 1.165) is 7.11 Å². The van der Waals surface area contributed by atoms with Crippen molar-refractivity contribution in [2.45, 2.75) is 5.67 Å². The van der Waals surface area contributed by atoms with Crippen LogP contribution in [0.2, 0.25) is 0 Å². The van der Waals surface area contributed by atoms with Crippen LogP contribution in [0, 0.1) is 0 Å². The molecule has 0 aliphatic rings. The summed E-state index contributed by atoms with van der Waals surface area (Å²) in [5.41, 5.74) is -2.62. The number of benzene rings is 1. The Bertz CT molecular complexity index is 644. The van der Waals surface area contributed by atoms with Gasteiger partial charge in [-0.3, -0.25) is 0 Å². The van der Waals surface area contributed by atoms with Gasteiger partial charge in [0, 0.05) is 5.56 Å². The van der Waals surface area contributed by atoms with Gasteiger partial charge in [0.25, 0.3) is 5.67 Å². The second-order valence-electron chi connectivity index (χ2n) is 4.29. The highest BCUT2D eigenvalue weighted by atomic mass is 19.1. The molecule has 1 unspecified atom stereocenters. The van der Waals surface area contributed by atoms with Gasteiger partial charge in [-0.1, -0.05) is 30.3 Å². The number of aromatic nitrogens is 2. The van der Waals surface area contributed by atoms with E-state index >= 15 is 4.39 Å². The maximum atomic E-state index is 15.6. The Morgan fingerprint density at radius 2 is 1.59 bits per heavy atom. The predicted octanol–water partition coefficient (Wildman–Crippen LogP) is 1.88. The first-order valence-corrected chi connectivity index (χ1v) is 6.36. The van der Waals surface area contributed by atoms with Crippen LogP contribution in [-0.4, -0.2) is 37.3 Å². The first-order chi connectivity index (χ1) is 10.6. The average molecular weight is 306 g/mol. The van der Waals surface area contributed by atoms with Gasteiger partial charge in [0.2, 0.25) is 11.8 Å². The molecule has 0 spiro atoms. The van der Waals surface area contributed by atoms with E-state index in [2.05, 4.69) is 14.7 Å². The van der Waals surface area contributed by atoms with Gasteiger partial charge in [-0.25, -0.2) is 9.18 Å². The summed E-state index contributed by atoms with van der Waals surface area (Å²) in [6, 6.07) is 9.19. The van der Waals surface area contributed by atoms with Crippen molar-refractivity contribution in [1.82, 2.24) is 9.97 Å². The number of esters is 1. The molecule has 0 saturated carbocycles. The quantitative estimate of drug-likeness (QED) is 0.786. The van der Waals surface area contributed by atoms with Crippen molar-refractivity contribution in [3.8, 4) is 11.8 Å². The first-order valence-electron chi connectivity index (χ1n) is 6.36. The van der Waals surface area contributed by atoms with Crippen LogP contribution < -0.4 is 9.47 Å². The van der Waals surface area contributed by atoms with E-state index in [-0.39, 0.29) is 17.3 Å². The molecule has 0 N–H and O–H groups in total. The second kappa shape index (κ2) is 6.38. The smallest absolute Gasteiger partial charge is 0.356 e. The lowest BCUT2D eigenvalue weighted by Gasteiger charge is -2.22. The Hall–Kier alpha value is -2.70. The van der Waals surface area contributed by atoms with Crippen LogP contribution in [0.5, 0.6) is 11.8 Å². The standard InChI is InChI=1S/C15H15FN2O4/c1-20-11-9-12(21-2)18-13(17-11)15(16,14(19)22-3)10-7-5-4-6-8-10/h4-9H,1-3H3. The van der Waals surface area contributed by atoms with E-state index in [0.29, 0.717) is 0 Å². The highest BCUT2D eigenvalue weighted by Gasteiger charge is 2.47. The minimum Gasteiger partial charge on any atom is -0.481 e. The zero-order valence-corrected chi connectivity index (χ0v) is 12.4. The first kappa shape index (κ1) is 15.7. The lowest BCUT2D eigenvalue weighted by atomic mass is 9.95. The molecular formula is C15H15FN2O4. The predicted molar refractivity (Wildman–Crippen MR) is 75.5 cm³/mol. The van der Waals surface area contributed by atoms with Gasteiger partial charge < -0.3 is 14.2 Å². The molecule has 0 aliphatic carbocycles. The summed E-state index contributed by atoms with van der Waals surface area (Å²) in [5.74, 6) is -1.40. The van der Waals surface area contributed by atoms with Crippen LogP contribution in [-0.2, 0) is 15.2 Å². The van der Waals surface area contributed by atoms with Crippen LogP contribution in [0.15, 0.2) is 36.4 Å². The van der Waals surface area contributed by atoms with Crippen LogP contribution in [0.1, 0.15) is 11.4 Å². The number of methoxy groups -OCH3 is 3. The van der Waals surface area contributed by atoms with Gasteiger partial charge in [-0.2, -0.15) is 9.97 Å². The molecule has 6 nitrogen and oxygen atoms in total. The summed E-state index contributed by atoms with van der Waals surface area (Å²) in [4.78, 5) is 19.9. The summed E-state index contributed by atoms with van der Waals surface area (Å²) in [7, 11) is 3.83. The van der Waals surface area contributed by atoms with E-state index in [4.69, 9.17) is 9.47 Å². The Morgan fingerprint density at radius 3 is 2.05 bits per heavy atom. The topological polar surface area (TPSA) is 70.5 Å². The number of alkyl halides is 1. The van der Waals surface area contributed by atoms with Crippen molar-refractivity contribution < 1.29 is 23.4 Å². The number of hydrogen-bond donors (Lipinski definition) is 0. The van der Waals surface area contributed by atoms with Crippen molar-refractivity contribution in [2.24, 2.45) is 0 Å². The van der Waals surface area contributed by atoms with Gasteiger partial charge in [0.15, 0.2) is 5.82 Å². The molecule has 1 heterocycles. The average Bonchev–Trinajstić information content (AvgIpc) is 2.60. The number of ether oxygens (including phenoxy) is 3. The summed E-state index contributed by atoms with van der Waals surface area (Å²) in [5, 5.41) is 0. The molecule has 22 heavy (non-hydrogen) atoms. The highest BCUT2D eigenvalue weighted by molar-refractivity contribution is 5.84. The van der Waals surface area contributed by atoms with Crippen LogP contribution in [0.25, 0.3) is 0 Å². The number of carbonyl (C=O) groups excluding carboxylic acids is 1. The summed E-state index contributed by atoms with van der Waals surface area (Å²) in [6.45, 7) is 0. The van der Waals surface area contributed by atoms with Crippen molar-refractivity contribution in [2.75, 3.05) is 21.3 Å². The zero-order valence-electron chi connectivity index (χ0n) is 12.4. The molecule has 116 valence electrons. The molecule has 0 bridgehead atoms. The molecule has 0 radical (unpaired) electrons. The van der Waals surface area contributed by atoms with Crippen molar-refractivity contribution in [3.63, 3.8) is 0 Å². The maximum Gasteiger partial charge on any atom is 0.356 e. The lowest BCUT2D eigenvalue weighted by Crippen LogP contribution is -2.35. The highest BCUT2D eigenvalue weighted by Crippen LogP contribution is 2.35. The monoisotopic (exact) mass is 306 g/mol. The zero-order chi connectivity index (χ0) is 16.2. The fourth-order valence-corrected chi connectivity index (χ4v) is 1.91. The lowest BCUT2D eigenvalue weighted by molar-refractivity contribution is -0.152.